The number of nitrogens with zero attached hydrogens (tertiary/aromatic N) is 1. The van der Waals surface area contributed by atoms with Crippen molar-refractivity contribution in [1.29, 1.82) is 0 Å². The van der Waals surface area contributed by atoms with Gasteiger partial charge in [0.05, 0.1) is 4.92 Å². The van der Waals surface area contributed by atoms with Gasteiger partial charge in [0.1, 0.15) is 0 Å². The zero-order valence-electron chi connectivity index (χ0n) is 11.2. The standard InChI is InChI=1S/C14H20N2O2S/c1-19-14-8-4-6-12(14)15-10-9-11-5-2-3-7-13(11)16(17)18/h2-3,5,7,12,14-15H,4,6,8-10H2,1H3. The molecule has 0 radical (unpaired) electrons. The van der Waals surface area contributed by atoms with Crippen LogP contribution < -0.4 is 5.32 Å². The lowest BCUT2D eigenvalue weighted by Gasteiger charge is -2.19. The maximum atomic E-state index is 10.9. The van der Waals surface area contributed by atoms with E-state index in [4.69, 9.17) is 0 Å². The summed E-state index contributed by atoms with van der Waals surface area (Å²) >= 11 is 1.92. The molecule has 104 valence electrons. The minimum absolute atomic E-state index is 0.233. The van der Waals surface area contributed by atoms with E-state index in [2.05, 4.69) is 11.6 Å². The highest BCUT2D eigenvalue weighted by Crippen LogP contribution is 2.28. The van der Waals surface area contributed by atoms with Crippen molar-refractivity contribution in [2.24, 2.45) is 0 Å². The number of nitro groups is 1. The molecule has 0 aromatic heterocycles. The molecule has 2 rings (SSSR count). The van der Waals surface area contributed by atoms with Gasteiger partial charge in [-0.15, -0.1) is 0 Å². The highest BCUT2D eigenvalue weighted by atomic mass is 32.2. The van der Waals surface area contributed by atoms with E-state index in [1.165, 1.54) is 19.3 Å². The van der Waals surface area contributed by atoms with Gasteiger partial charge in [-0.1, -0.05) is 24.6 Å². The predicted molar refractivity (Wildman–Crippen MR) is 79.7 cm³/mol. The topological polar surface area (TPSA) is 55.2 Å². The SMILES string of the molecule is CSC1CCCC1NCCc1ccccc1[N+](=O)[O-]. The van der Waals surface area contributed by atoms with E-state index in [0.717, 1.165) is 18.5 Å². The van der Waals surface area contributed by atoms with Crippen LogP contribution in [0.1, 0.15) is 24.8 Å². The van der Waals surface area contributed by atoms with Crippen LogP contribution in [0.2, 0.25) is 0 Å². The van der Waals surface area contributed by atoms with Gasteiger partial charge in [-0.3, -0.25) is 10.1 Å². The molecule has 19 heavy (non-hydrogen) atoms. The second-order valence-electron chi connectivity index (χ2n) is 4.90. The first kappa shape index (κ1) is 14.3. The molecular weight excluding hydrogens is 260 g/mol. The van der Waals surface area contributed by atoms with Crippen molar-refractivity contribution in [3.8, 4) is 0 Å². The summed E-state index contributed by atoms with van der Waals surface area (Å²) in [6.07, 6.45) is 6.67. The molecule has 1 aliphatic carbocycles. The second-order valence-corrected chi connectivity index (χ2v) is 5.98. The summed E-state index contributed by atoms with van der Waals surface area (Å²) in [5.74, 6) is 0. The average molecular weight is 280 g/mol. The minimum Gasteiger partial charge on any atom is -0.313 e. The van der Waals surface area contributed by atoms with Crippen LogP contribution in [0.15, 0.2) is 24.3 Å². The number of thioether (sulfide) groups is 1. The van der Waals surface area contributed by atoms with E-state index in [-0.39, 0.29) is 10.6 Å². The third-order valence-corrected chi connectivity index (χ3v) is 4.91. The Morgan fingerprint density at radius 2 is 2.21 bits per heavy atom. The lowest BCUT2D eigenvalue weighted by Crippen LogP contribution is -2.35. The van der Waals surface area contributed by atoms with E-state index < -0.39 is 0 Å². The lowest BCUT2D eigenvalue weighted by molar-refractivity contribution is -0.385. The maximum absolute atomic E-state index is 10.9. The fourth-order valence-electron chi connectivity index (χ4n) is 2.73. The van der Waals surface area contributed by atoms with Crippen molar-refractivity contribution in [3.63, 3.8) is 0 Å². The van der Waals surface area contributed by atoms with Crippen molar-refractivity contribution in [2.45, 2.75) is 37.0 Å². The van der Waals surface area contributed by atoms with Gasteiger partial charge in [0.2, 0.25) is 0 Å². The Kier molecular flexibility index (Phi) is 5.22. The minimum atomic E-state index is -0.296. The second kappa shape index (κ2) is 6.91. The Morgan fingerprint density at radius 3 is 2.95 bits per heavy atom. The summed E-state index contributed by atoms with van der Waals surface area (Å²) in [6.45, 7) is 0.812. The van der Waals surface area contributed by atoms with Gasteiger partial charge >= 0.3 is 0 Å². The summed E-state index contributed by atoms with van der Waals surface area (Å²) in [4.78, 5) is 10.6. The van der Waals surface area contributed by atoms with Gasteiger partial charge < -0.3 is 5.32 Å². The third-order valence-electron chi connectivity index (χ3n) is 3.74. The molecule has 1 fully saturated rings. The van der Waals surface area contributed by atoms with E-state index in [1.807, 2.05) is 23.9 Å². The normalized spacial score (nSPS) is 22.6. The maximum Gasteiger partial charge on any atom is 0.272 e. The Labute approximate surface area is 118 Å². The summed E-state index contributed by atoms with van der Waals surface area (Å²) in [5, 5.41) is 15.2. The molecule has 0 aliphatic heterocycles. The molecule has 2 unspecified atom stereocenters. The van der Waals surface area contributed by atoms with Crippen molar-refractivity contribution in [2.75, 3.05) is 12.8 Å². The summed E-state index contributed by atoms with van der Waals surface area (Å²) in [5.41, 5.74) is 1.05. The number of hydrogen-bond acceptors (Lipinski definition) is 4. The Hall–Kier alpha value is -1.07. The summed E-state index contributed by atoms with van der Waals surface area (Å²) < 4.78 is 0. The van der Waals surface area contributed by atoms with Gasteiger partial charge in [0, 0.05) is 22.9 Å². The molecule has 0 heterocycles. The molecule has 0 bridgehead atoms. The first-order chi connectivity index (χ1) is 9.22. The van der Waals surface area contributed by atoms with Crippen LogP contribution in [-0.4, -0.2) is 29.0 Å². The monoisotopic (exact) mass is 280 g/mol. The molecule has 2 atom stereocenters. The van der Waals surface area contributed by atoms with Crippen LogP contribution in [0, 0.1) is 10.1 Å². The molecule has 1 saturated carbocycles. The fourth-order valence-corrected chi connectivity index (χ4v) is 3.70. The Balaban J connectivity index is 1.87. The van der Waals surface area contributed by atoms with Crippen LogP contribution in [0.3, 0.4) is 0 Å². The van der Waals surface area contributed by atoms with Crippen LogP contribution in [-0.2, 0) is 6.42 Å². The van der Waals surface area contributed by atoms with E-state index in [1.54, 1.807) is 12.1 Å². The van der Waals surface area contributed by atoms with Gasteiger partial charge in [-0.2, -0.15) is 11.8 Å². The molecule has 1 N–H and O–H groups in total. The van der Waals surface area contributed by atoms with Crippen LogP contribution >= 0.6 is 11.8 Å². The number of hydrogen-bond donors (Lipinski definition) is 1. The summed E-state index contributed by atoms with van der Waals surface area (Å²) in [6, 6.07) is 7.58. The number of rotatable bonds is 6. The third kappa shape index (κ3) is 3.70. The Bertz CT molecular complexity index is 439. The van der Waals surface area contributed by atoms with Gasteiger partial charge in [-0.25, -0.2) is 0 Å². The van der Waals surface area contributed by atoms with Gasteiger partial charge in [0.15, 0.2) is 0 Å². The summed E-state index contributed by atoms with van der Waals surface area (Å²) in [7, 11) is 0. The number of para-hydroxylation sites is 1. The first-order valence-corrected chi connectivity index (χ1v) is 7.99. The molecule has 1 aliphatic rings. The van der Waals surface area contributed by atoms with E-state index in [0.29, 0.717) is 11.3 Å². The molecule has 1 aromatic carbocycles. The largest absolute Gasteiger partial charge is 0.313 e. The number of nitro benzene ring substituents is 1. The highest BCUT2D eigenvalue weighted by Gasteiger charge is 2.25. The van der Waals surface area contributed by atoms with Gasteiger partial charge in [-0.05, 0) is 32.1 Å². The van der Waals surface area contributed by atoms with E-state index >= 15 is 0 Å². The van der Waals surface area contributed by atoms with Crippen molar-refractivity contribution < 1.29 is 4.92 Å². The van der Waals surface area contributed by atoms with Gasteiger partial charge in [0.25, 0.3) is 5.69 Å². The predicted octanol–water partition coefficient (Wildman–Crippen LogP) is 3.01. The molecule has 0 spiro atoms. The molecule has 4 nitrogen and oxygen atoms in total. The molecular formula is C14H20N2O2S. The van der Waals surface area contributed by atoms with Crippen LogP contribution in [0.25, 0.3) is 0 Å². The van der Waals surface area contributed by atoms with Crippen LogP contribution in [0.5, 0.6) is 0 Å². The lowest BCUT2D eigenvalue weighted by atomic mass is 10.1. The van der Waals surface area contributed by atoms with Crippen molar-refractivity contribution >= 4 is 17.4 Å². The number of benzene rings is 1. The smallest absolute Gasteiger partial charge is 0.272 e. The van der Waals surface area contributed by atoms with E-state index in [9.17, 15) is 10.1 Å². The quantitative estimate of drug-likeness (QED) is 0.643. The van der Waals surface area contributed by atoms with Crippen LogP contribution in [0.4, 0.5) is 5.69 Å². The molecule has 0 amide bonds. The number of nitrogens with one attached hydrogen (secondary N) is 1. The van der Waals surface area contributed by atoms with Crippen molar-refractivity contribution in [1.82, 2.24) is 5.32 Å². The van der Waals surface area contributed by atoms with Crippen molar-refractivity contribution in [3.05, 3.63) is 39.9 Å². The zero-order chi connectivity index (χ0) is 13.7. The zero-order valence-corrected chi connectivity index (χ0v) is 12.0. The molecule has 0 saturated heterocycles. The average Bonchev–Trinajstić information content (AvgIpc) is 2.86. The molecule has 5 heteroatoms. The highest BCUT2D eigenvalue weighted by molar-refractivity contribution is 7.99. The Morgan fingerprint density at radius 1 is 1.42 bits per heavy atom. The fraction of sp³-hybridized carbons (Fsp3) is 0.571. The first-order valence-electron chi connectivity index (χ1n) is 6.71. The molecule has 1 aromatic rings.